The Bertz CT molecular complexity index is 248. The van der Waals surface area contributed by atoms with Gasteiger partial charge in [0, 0.05) is 40.0 Å². The van der Waals surface area contributed by atoms with Crippen LogP contribution in [0.3, 0.4) is 0 Å². The molecule has 0 saturated heterocycles. The molecule has 1 rings (SSSR count). The molecule has 0 aromatic heterocycles. The third-order valence-electron chi connectivity index (χ3n) is 2.76. The quantitative estimate of drug-likeness (QED) is 0.672. The summed E-state index contributed by atoms with van der Waals surface area (Å²) in [5.41, 5.74) is 0. The zero-order chi connectivity index (χ0) is 12.3. The van der Waals surface area contributed by atoms with Gasteiger partial charge in [0.05, 0.1) is 6.54 Å². The summed E-state index contributed by atoms with van der Waals surface area (Å²) in [6, 6.07) is 0. The van der Waals surface area contributed by atoms with Crippen molar-refractivity contribution < 1.29 is 23.0 Å². The average molecular weight is 237 g/mol. The van der Waals surface area contributed by atoms with Crippen molar-refractivity contribution in [3.63, 3.8) is 0 Å². The number of alkyl halides is 2. The van der Waals surface area contributed by atoms with Crippen LogP contribution in [0.25, 0.3) is 0 Å². The van der Waals surface area contributed by atoms with Crippen molar-refractivity contribution in [1.29, 1.82) is 0 Å². The number of hydrogen-bond acceptors (Lipinski definition) is 3. The molecule has 0 aromatic rings. The van der Waals surface area contributed by atoms with Crippen LogP contribution in [0.2, 0.25) is 0 Å². The van der Waals surface area contributed by atoms with Gasteiger partial charge in [-0.15, -0.1) is 0 Å². The molecular formula is C10H17F2NO3. The number of hydrogen-bond donors (Lipinski definition) is 0. The molecule has 0 spiro atoms. The first-order valence-electron chi connectivity index (χ1n) is 5.08. The molecule has 4 nitrogen and oxygen atoms in total. The van der Waals surface area contributed by atoms with Gasteiger partial charge in [-0.1, -0.05) is 0 Å². The molecule has 0 aromatic carbocycles. The van der Waals surface area contributed by atoms with Gasteiger partial charge in [0.25, 0.3) is 0 Å². The van der Waals surface area contributed by atoms with Crippen LogP contribution >= 0.6 is 0 Å². The van der Waals surface area contributed by atoms with E-state index < -0.39 is 18.1 Å². The van der Waals surface area contributed by atoms with Gasteiger partial charge in [-0.2, -0.15) is 0 Å². The van der Waals surface area contributed by atoms with Gasteiger partial charge in [-0.3, -0.25) is 4.79 Å². The van der Waals surface area contributed by atoms with Crippen LogP contribution in [0.5, 0.6) is 0 Å². The van der Waals surface area contributed by atoms with Crippen molar-refractivity contribution in [2.24, 2.45) is 5.92 Å². The molecule has 16 heavy (non-hydrogen) atoms. The zero-order valence-electron chi connectivity index (χ0n) is 9.70. The van der Waals surface area contributed by atoms with Gasteiger partial charge in [0.1, 0.15) is 0 Å². The molecule has 1 aliphatic carbocycles. The number of ether oxygens (including phenoxy) is 2. The second-order valence-electron chi connectivity index (χ2n) is 4.08. The molecule has 94 valence electrons. The molecule has 0 heterocycles. The fourth-order valence-electron chi connectivity index (χ4n) is 1.71. The second kappa shape index (κ2) is 5.05. The molecule has 0 atom stereocenters. The van der Waals surface area contributed by atoms with E-state index >= 15 is 0 Å². The van der Waals surface area contributed by atoms with Crippen LogP contribution in [0, 0.1) is 5.92 Å². The fraction of sp³-hybridized carbons (Fsp3) is 0.900. The summed E-state index contributed by atoms with van der Waals surface area (Å²) in [6.45, 7) is 0.244. The predicted molar refractivity (Wildman–Crippen MR) is 53.1 cm³/mol. The van der Waals surface area contributed by atoms with Gasteiger partial charge in [0.2, 0.25) is 11.8 Å². The zero-order valence-corrected chi connectivity index (χ0v) is 9.70. The van der Waals surface area contributed by atoms with Gasteiger partial charge >= 0.3 is 0 Å². The van der Waals surface area contributed by atoms with Crippen LogP contribution in [-0.4, -0.2) is 50.8 Å². The average Bonchev–Trinajstić information content (AvgIpc) is 2.20. The van der Waals surface area contributed by atoms with Crippen LogP contribution in [-0.2, 0) is 14.3 Å². The van der Waals surface area contributed by atoms with Crippen molar-refractivity contribution in [3.8, 4) is 0 Å². The Morgan fingerprint density at radius 2 is 1.94 bits per heavy atom. The van der Waals surface area contributed by atoms with Crippen molar-refractivity contribution in [1.82, 2.24) is 4.90 Å². The van der Waals surface area contributed by atoms with Gasteiger partial charge in [0.15, 0.2) is 6.29 Å². The number of methoxy groups -OCH3 is 2. The third kappa shape index (κ3) is 3.12. The molecule has 1 aliphatic rings. The molecular weight excluding hydrogens is 220 g/mol. The molecule has 1 amide bonds. The fourth-order valence-corrected chi connectivity index (χ4v) is 1.71. The number of nitrogens with zero attached hydrogens (tertiary/aromatic N) is 1. The minimum atomic E-state index is -2.66. The maximum absolute atomic E-state index is 12.6. The lowest BCUT2D eigenvalue weighted by Gasteiger charge is -2.36. The summed E-state index contributed by atoms with van der Waals surface area (Å²) < 4.78 is 35.0. The first-order valence-corrected chi connectivity index (χ1v) is 5.08. The Morgan fingerprint density at radius 1 is 1.44 bits per heavy atom. The summed E-state index contributed by atoms with van der Waals surface area (Å²) in [7, 11) is 4.48. The van der Waals surface area contributed by atoms with E-state index in [9.17, 15) is 13.6 Å². The van der Waals surface area contributed by atoms with Gasteiger partial charge in [-0.05, 0) is 0 Å². The topological polar surface area (TPSA) is 38.8 Å². The Labute approximate surface area is 93.5 Å². The Morgan fingerprint density at radius 3 is 2.31 bits per heavy atom. The van der Waals surface area contributed by atoms with E-state index in [0.29, 0.717) is 0 Å². The molecule has 1 saturated carbocycles. The Balaban J connectivity index is 2.37. The highest BCUT2D eigenvalue weighted by Crippen LogP contribution is 2.43. The number of carbonyl (C=O) groups excluding carboxylic acids is 1. The van der Waals surface area contributed by atoms with Crippen LogP contribution in [0.15, 0.2) is 0 Å². The molecule has 0 bridgehead atoms. The van der Waals surface area contributed by atoms with E-state index in [-0.39, 0.29) is 25.3 Å². The van der Waals surface area contributed by atoms with Crippen molar-refractivity contribution in [2.75, 3.05) is 27.8 Å². The van der Waals surface area contributed by atoms with Gasteiger partial charge < -0.3 is 14.4 Å². The summed E-state index contributed by atoms with van der Waals surface area (Å²) in [5.74, 6) is -3.50. The first kappa shape index (κ1) is 13.3. The maximum Gasteiger partial charge on any atom is 0.249 e. The number of carbonyl (C=O) groups is 1. The van der Waals surface area contributed by atoms with Crippen molar-refractivity contribution >= 4 is 5.91 Å². The Hall–Kier alpha value is -0.750. The smallest absolute Gasteiger partial charge is 0.249 e. The maximum atomic E-state index is 12.6. The van der Waals surface area contributed by atoms with Gasteiger partial charge in [-0.25, -0.2) is 8.78 Å². The summed E-state index contributed by atoms with van der Waals surface area (Å²) >= 11 is 0. The largest absolute Gasteiger partial charge is 0.354 e. The van der Waals surface area contributed by atoms with Crippen LogP contribution in [0.1, 0.15) is 12.8 Å². The lowest BCUT2D eigenvalue weighted by atomic mass is 9.80. The highest BCUT2D eigenvalue weighted by Gasteiger charge is 2.49. The lowest BCUT2D eigenvalue weighted by Crippen LogP contribution is -2.47. The van der Waals surface area contributed by atoms with Crippen LogP contribution < -0.4 is 0 Å². The van der Waals surface area contributed by atoms with E-state index in [0.717, 1.165) is 0 Å². The predicted octanol–water partition coefficient (Wildman–Crippen LogP) is 1.11. The number of rotatable bonds is 5. The first-order chi connectivity index (χ1) is 7.39. The van der Waals surface area contributed by atoms with Crippen LogP contribution in [0.4, 0.5) is 8.78 Å². The number of likely N-dealkylation sites (N-methyl/N-ethyl adjacent to an activating group) is 1. The number of amides is 1. The number of halogens is 2. The minimum Gasteiger partial charge on any atom is -0.354 e. The SMILES string of the molecule is COC(CN(C)C(=O)C1CC(F)(F)C1)OC. The lowest BCUT2D eigenvalue weighted by molar-refractivity contribution is -0.165. The Kier molecular flexibility index (Phi) is 4.21. The molecule has 0 unspecified atom stereocenters. The minimum absolute atomic E-state index is 0.244. The van der Waals surface area contributed by atoms with Crippen molar-refractivity contribution in [3.05, 3.63) is 0 Å². The summed E-state index contributed by atoms with van der Waals surface area (Å²) in [4.78, 5) is 13.0. The molecule has 0 N–H and O–H groups in total. The molecule has 1 fully saturated rings. The molecule has 6 heteroatoms. The molecule has 0 radical (unpaired) electrons. The van der Waals surface area contributed by atoms with Crippen molar-refractivity contribution in [2.45, 2.75) is 25.1 Å². The van der Waals surface area contributed by atoms with E-state index in [4.69, 9.17) is 9.47 Å². The van der Waals surface area contributed by atoms with E-state index in [1.165, 1.54) is 19.1 Å². The second-order valence-corrected chi connectivity index (χ2v) is 4.08. The normalized spacial score (nSPS) is 19.6. The highest BCUT2D eigenvalue weighted by molar-refractivity contribution is 5.79. The molecule has 0 aliphatic heterocycles. The third-order valence-corrected chi connectivity index (χ3v) is 2.76. The van der Waals surface area contributed by atoms with E-state index in [1.807, 2.05) is 0 Å². The standard InChI is InChI=1S/C10H17F2NO3/c1-13(6-8(15-2)16-3)9(14)7-4-10(11,12)5-7/h7-8H,4-6H2,1-3H3. The monoisotopic (exact) mass is 237 g/mol. The summed E-state index contributed by atoms with van der Waals surface area (Å²) in [5, 5.41) is 0. The van der Waals surface area contributed by atoms with E-state index in [2.05, 4.69) is 0 Å². The highest BCUT2D eigenvalue weighted by atomic mass is 19.3. The summed E-state index contributed by atoms with van der Waals surface area (Å²) in [6.07, 6.45) is -1.21. The van der Waals surface area contributed by atoms with E-state index in [1.54, 1.807) is 7.05 Å².